The molecule has 4 heteroatoms. The van der Waals surface area contributed by atoms with E-state index in [0.29, 0.717) is 0 Å². The van der Waals surface area contributed by atoms with E-state index >= 15 is 0 Å². The third-order valence-electron chi connectivity index (χ3n) is 10.2. The zero-order valence-corrected chi connectivity index (χ0v) is 27.9. The van der Waals surface area contributed by atoms with Gasteiger partial charge in [-0.05, 0) is 56.6 Å². The van der Waals surface area contributed by atoms with Gasteiger partial charge in [0.2, 0.25) is 0 Å². The van der Waals surface area contributed by atoms with Crippen LogP contribution in [0.25, 0.3) is 33.6 Å². The Morgan fingerprint density at radius 3 is 1.62 bits per heavy atom. The van der Waals surface area contributed by atoms with E-state index in [1.165, 1.54) is 48.7 Å². The molecule has 1 aliphatic carbocycles. The van der Waals surface area contributed by atoms with E-state index in [0.717, 1.165) is 39.5 Å². The van der Waals surface area contributed by atoms with Crippen molar-refractivity contribution in [2.75, 3.05) is 0 Å². The van der Waals surface area contributed by atoms with Crippen LogP contribution in [0.15, 0.2) is 191 Å². The lowest BCUT2D eigenvalue weighted by molar-refractivity contribution is 0.722. The molecule has 1 spiro atoms. The molecule has 0 unspecified atom stereocenters. The van der Waals surface area contributed by atoms with Crippen molar-refractivity contribution in [2.45, 2.75) is 15.2 Å². The number of nitrogens with zero attached hydrogens (tertiary/aromatic N) is 1. The SMILES string of the molecule is c1ccc(C2=NC(c3ccccc3-c3cccc4c3-c3ccccc3C43c4ccccc4Sc4ccccc43)=C(c3ccccc3)NN2)cc1. The minimum Gasteiger partial charge on any atom is -0.297 e. The molecule has 0 radical (unpaired) electrons. The molecule has 2 N–H and O–H groups in total. The van der Waals surface area contributed by atoms with E-state index in [-0.39, 0.29) is 0 Å². The van der Waals surface area contributed by atoms with E-state index in [4.69, 9.17) is 4.99 Å². The molecule has 2 heterocycles. The average Bonchev–Trinajstić information content (AvgIpc) is 3.49. The maximum Gasteiger partial charge on any atom is 0.152 e. The van der Waals surface area contributed by atoms with Crippen molar-refractivity contribution in [1.29, 1.82) is 0 Å². The van der Waals surface area contributed by atoms with Crippen LogP contribution in [-0.2, 0) is 5.41 Å². The molecule has 0 amide bonds. The standard InChI is InChI=1S/C46H31N3S/c1-3-16-30(17-4-1)43-44(47-45(49-48-43)31-18-5-2-6-19-31)34-21-8-7-20-32(34)33-23-15-27-39-42(33)35-22-9-10-24-36(35)46(39)37-25-11-13-28-40(37)50-41-29-14-12-26-38(41)46/h1-29,48H,(H,47,49). The highest BCUT2D eigenvalue weighted by Gasteiger charge is 2.50. The van der Waals surface area contributed by atoms with Crippen molar-refractivity contribution in [3.05, 3.63) is 215 Å². The van der Waals surface area contributed by atoms with Crippen molar-refractivity contribution in [3.63, 3.8) is 0 Å². The van der Waals surface area contributed by atoms with Gasteiger partial charge in [-0.15, -0.1) is 0 Å². The molecule has 7 aromatic carbocycles. The van der Waals surface area contributed by atoms with E-state index in [9.17, 15) is 0 Å². The fourth-order valence-electron chi connectivity index (χ4n) is 8.17. The van der Waals surface area contributed by atoms with Crippen LogP contribution in [0.2, 0.25) is 0 Å². The summed E-state index contributed by atoms with van der Waals surface area (Å²) in [7, 11) is 0. The van der Waals surface area contributed by atoms with Crippen LogP contribution in [0, 0.1) is 0 Å². The summed E-state index contributed by atoms with van der Waals surface area (Å²) in [4.78, 5) is 7.98. The Hall–Kier alpha value is -6.10. The molecule has 0 fully saturated rings. The number of aliphatic imine (C=N–C) groups is 1. The van der Waals surface area contributed by atoms with Crippen molar-refractivity contribution in [2.24, 2.45) is 4.99 Å². The minimum atomic E-state index is -0.432. The number of hydrazine groups is 1. The van der Waals surface area contributed by atoms with Crippen LogP contribution in [0.1, 0.15) is 38.9 Å². The number of benzene rings is 7. The Kier molecular flexibility index (Phi) is 6.64. The second-order valence-electron chi connectivity index (χ2n) is 12.8. The molecule has 0 saturated heterocycles. The van der Waals surface area contributed by atoms with Gasteiger partial charge in [-0.2, -0.15) is 0 Å². The first kappa shape index (κ1) is 28.9. The van der Waals surface area contributed by atoms with Gasteiger partial charge in [0.15, 0.2) is 5.84 Å². The highest BCUT2D eigenvalue weighted by atomic mass is 32.2. The van der Waals surface area contributed by atoms with Crippen LogP contribution in [0.3, 0.4) is 0 Å². The molecule has 3 nitrogen and oxygen atoms in total. The van der Waals surface area contributed by atoms with Crippen molar-refractivity contribution < 1.29 is 0 Å². The lowest BCUT2D eigenvalue weighted by Crippen LogP contribution is -2.40. The third-order valence-corrected chi connectivity index (χ3v) is 11.4. The summed E-state index contributed by atoms with van der Waals surface area (Å²) < 4.78 is 0. The number of hydrogen-bond donors (Lipinski definition) is 2. The monoisotopic (exact) mass is 657 g/mol. The quantitative estimate of drug-likeness (QED) is 0.198. The molecular formula is C46H31N3S. The van der Waals surface area contributed by atoms with Gasteiger partial charge < -0.3 is 0 Å². The van der Waals surface area contributed by atoms with Crippen molar-refractivity contribution in [3.8, 4) is 22.3 Å². The predicted octanol–water partition coefficient (Wildman–Crippen LogP) is 10.6. The van der Waals surface area contributed by atoms with Crippen LogP contribution in [0.4, 0.5) is 0 Å². The topological polar surface area (TPSA) is 36.4 Å². The summed E-state index contributed by atoms with van der Waals surface area (Å²) >= 11 is 1.88. The zero-order chi connectivity index (χ0) is 33.1. The van der Waals surface area contributed by atoms with E-state index < -0.39 is 5.41 Å². The fraction of sp³-hybridized carbons (Fsp3) is 0.0217. The minimum absolute atomic E-state index is 0.432. The van der Waals surface area contributed by atoms with Gasteiger partial charge in [-0.3, -0.25) is 10.9 Å². The Morgan fingerprint density at radius 2 is 0.920 bits per heavy atom. The van der Waals surface area contributed by atoms with Crippen LogP contribution < -0.4 is 10.9 Å². The van der Waals surface area contributed by atoms with Gasteiger partial charge in [-0.1, -0.05) is 176 Å². The molecule has 10 rings (SSSR count). The predicted molar refractivity (Wildman–Crippen MR) is 206 cm³/mol. The number of fused-ring (bicyclic) bond motifs is 9. The van der Waals surface area contributed by atoms with Crippen molar-refractivity contribution >= 4 is 29.0 Å². The van der Waals surface area contributed by atoms with Crippen LogP contribution in [0.5, 0.6) is 0 Å². The highest BCUT2D eigenvalue weighted by Crippen LogP contribution is 2.63. The van der Waals surface area contributed by atoms with Gasteiger partial charge in [0, 0.05) is 26.5 Å². The molecular weight excluding hydrogens is 627 g/mol. The molecule has 0 atom stereocenters. The summed E-state index contributed by atoms with van der Waals surface area (Å²) in [5.74, 6) is 0.783. The van der Waals surface area contributed by atoms with Crippen molar-refractivity contribution in [1.82, 2.24) is 10.9 Å². The maximum atomic E-state index is 5.37. The summed E-state index contributed by atoms with van der Waals surface area (Å²) in [6.07, 6.45) is 0. The summed E-state index contributed by atoms with van der Waals surface area (Å²) in [5.41, 5.74) is 21.7. The first-order valence-corrected chi connectivity index (χ1v) is 17.8. The van der Waals surface area contributed by atoms with Gasteiger partial charge in [0.05, 0.1) is 16.8 Å². The van der Waals surface area contributed by atoms with Gasteiger partial charge in [-0.25, -0.2) is 4.99 Å². The average molecular weight is 658 g/mol. The highest BCUT2D eigenvalue weighted by molar-refractivity contribution is 7.99. The molecule has 236 valence electrons. The van der Waals surface area contributed by atoms with E-state index in [2.05, 4.69) is 163 Å². The maximum absolute atomic E-state index is 5.37. The number of rotatable bonds is 4. The first-order valence-electron chi connectivity index (χ1n) is 17.0. The Bertz CT molecular complexity index is 2470. The molecule has 3 aliphatic rings. The van der Waals surface area contributed by atoms with Gasteiger partial charge in [0.1, 0.15) is 0 Å². The summed E-state index contributed by atoms with van der Waals surface area (Å²) in [6, 6.07) is 63.4. The Balaban J connectivity index is 1.26. The Labute approximate surface area is 296 Å². The molecule has 7 aromatic rings. The Morgan fingerprint density at radius 1 is 0.400 bits per heavy atom. The summed E-state index contributed by atoms with van der Waals surface area (Å²) in [6.45, 7) is 0. The third kappa shape index (κ3) is 4.22. The first-order chi connectivity index (χ1) is 24.8. The zero-order valence-electron chi connectivity index (χ0n) is 27.1. The van der Waals surface area contributed by atoms with Gasteiger partial charge in [0.25, 0.3) is 0 Å². The lowest BCUT2D eigenvalue weighted by atomic mass is 9.67. The molecule has 0 aromatic heterocycles. The fourth-order valence-corrected chi connectivity index (χ4v) is 9.36. The number of nitrogens with one attached hydrogen (secondary N) is 2. The smallest absolute Gasteiger partial charge is 0.152 e. The lowest BCUT2D eigenvalue weighted by Gasteiger charge is -2.39. The molecule has 0 bridgehead atoms. The molecule has 50 heavy (non-hydrogen) atoms. The molecule has 0 saturated carbocycles. The van der Waals surface area contributed by atoms with Crippen LogP contribution >= 0.6 is 11.8 Å². The normalized spacial score (nSPS) is 14.8. The van der Waals surface area contributed by atoms with Crippen LogP contribution in [-0.4, -0.2) is 5.84 Å². The second-order valence-corrected chi connectivity index (χ2v) is 13.9. The van der Waals surface area contributed by atoms with Gasteiger partial charge >= 0.3 is 0 Å². The molecule has 2 aliphatic heterocycles. The summed E-state index contributed by atoms with van der Waals surface area (Å²) in [5, 5.41) is 0. The van der Waals surface area contributed by atoms with E-state index in [1.807, 2.05) is 36.0 Å². The number of amidine groups is 1. The number of hydrogen-bond acceptors (Lipinski definition) is 4. The largest absolute Gasteiger partial charge is 0.297 e. The second kappa shape index (κ2) is 11.5. The van der Waals surface area contributed by atoms with E-state index in [1.54, 1.807) is 0 Å².